The van der Waals surface area contributed by atoms with E-state index < -0.39 is 14.8 Å². The van der Waals surface area contributed by atoms with Gasteiger partial charge in [-0.15, -0.1) is 0 Å². The van der Waals surface area contributed by atoms with Gasteiger partial charge in [0.2, 0.25) is 22.7 Å². The van der Waals surface area contributed by atoms with Crippen LogP contribution in [0.1, 0.15) is 45.6 Å². The van der Waals surface area contributed by atoms with Gasteiger partial charge in [-0.1, -0.05) is 0 Å². The van der Waals surface area contributed by atoms with Crippen molar-refractivity contribution in [3.05, 3.63) is 17.7 Å². The summed E-state index contributed by atoms with van der Waals surface area (Å²) < 4.78 is 36.2. The van der Waals surface area contributed by atoms with E-state index in [0.717, 1.165) is 5.56 Å². The van der Waals surface area contributed by atoms with Crippen molar-refractivity contribution in [2.24, 2.45) is 0 Å². The topological polar surface area (TPSA) is 93.7 Å². The number of unbranched alkanes of at least 4 members (excludes halogenated alkanes) is 1. The Morgan fingerprint density at radius 3 is 2.60 bits per heavy atom. The van der Waals surface area contributed by atoms with Gasteiger partial charge in [-0.3, -0.25) is 4.79 Å². The monoisotopic (exact) mass is 370 g/mol. The van der Waals surface area contributed by atoms with E-state index in [-0.39, 0.29) is 12.7 Å². The van der Waals surface area contributed by atoms with Gasteiger partial charge in [-0.2, -0.15) is 0 Å². The van der Waals surface area contributed by atoms with Gasteiger partial charge < -0.3 is 14.8 Å². The molecule has 0 fully saturated rings. The van der Waals surface area contributed by atoms with Crippen LogP contribution in [-0.2, 0) is 14.8 Å². The summed E-state index contributed by atoms with van der Waals surface area (Å²) in [7, 11) is -3.33. The summed E-state index contributed by atoms with van der Waals surface area (Å²) in [6.45, 7) is 7.34. The minimum atomic E-state index is -3.33. The molecule has 1 aromatic rings. The minimum absolute atomic E-state index is 0.111. The second-order valence-corrected chi connectivity index (χ2v) is 9.51. The Hall–Kier alpha value is -1.80. The zero-order chi connectivity index (χ0) is 18.7. The first-order valence-electron chi connectivity index (χ1n) is 8.30. The molecule has 1 aliphatic heterocycles. The van der Waals surface area contributed by atoms with Crippen molar-refractivity contribution in [2.45, 2.75) is 51.7 Å². The predicted octanol–water partition coefficient (Wildman–Crippen LogP) is 2.55. The van der Waals surface area contributed by atoms with E-state index in [1.807, 2.05) is 6.92 Å². The van der Waals surface area contributed by atoms with Crippen LogP contribution < -0.4 is 19.5 Å². The fraction of sp³-hybridized carbons (Fsp3) is 0.588. The highest BCUT2D eigenvalue weighted by Gasteiger charge is 2.28. The van der Waals surface area contributed by atoms with Gasteiger partial charge in [0.05, 0.1) is 4.75 Å². The number of fused-ring (bicyclic) bond motifs is 1. The predicted molar refractivity (Wildman–Crippen MR) is 96.5 cm³/mol. The van der Waals surface area contributed by atoms with Crippen LogP contribution in [0.15, 0.2) is 12.1 Å². The first kappa shape index (κ1) is 19.5. The van der Waals surface area contributed by atoms with Crippen molar-refractivity contribution in [3.8, 4) is 11.5 Å². The van der Waals surface area contributed by atoms with Gasteiger partial charge in [-0.05, 0) is 52.7 Å². The maximum absolute atomic E-state index is 12.1. The molecule has 0 radical (unpaired) electrons. The minimum Gasteiger partial charge on any atom is -0.454 e. The lowest BCUT2D eigenvalue weighted by atomic mass is 10.1. The van der Waals surface area contributed by atoms with E-state index in [1.165, 1.54) is 0 Å². The number of rotatable bonds is 7. The molecule has 140 valence electrons. The molecule has 1 aliphatic rings. The molecule has 2 N–H and O–H groups in total. The molecule has 0 bridgehead atoms. The molecule has 7 nitrogen and oxygen atoms in total. The quantitative estimate of drug-likeness (QED) is 0.720. The summed E-state index contributed by atoms with van der Waals surface area (Å²) in [5.74, 6) is 1.23. The number of nitrogens with one attached hydrogen (secondary N) is 2. The fourth-order valence-electron chi connectivity index (χ4n) is 2.29. The van der Waals surface area contributed by atoms with Crippen LogP contribution in [0.5, 0.6) is 11.5 Å². The fourth-order valence-corrected chi connectivity index (χ4v) is 3.14. The van der Waals surface area contributed by atoms with Crippen molar-refractivity contribution in [3.63, 3.8) is 0 Å². The number of amides is 1. The molecule has 1 aromatic carbocycles. The second-order valence-electron chi connectivity index (χ2n) is 6.99. The molecular formula is C17H26N2O5S. The molecule has 0 aromatic heterocycles. The number of ether oxygens (including phenoxy) is 2. The second kappa shape index (κ2) is 7.61. The number of anilines is 1. The maximum Gasteiger partial charge on any atom is 0.231 e. The van der Waals surface area contributed by atoms with Crippen LogP contribution >= 0.6 is 0 Å². The van der Waals surface area contributed by atoms with E-state index in [1.54, 1.807) is 32.9 Å². The Kier molecular flexibility index (Phi) is 5.95. The van der Waals surface area contributed by atoms with Gasteiger partial charge in [0.25, 0.3) is 0 Å². The maximum atomic E-state index is 12.1. The number of hydrogen-bond acceptors (Lipinski definition) is 5. The zero-order valence-electron chi connectivity index (χ0n) is 15.1. The molecule has 0 spiro atoms. The Bertz CT molecular complexity index is 738. The molecule has 8 heteroatoms. The number of carbonyl (C=O) groups is 1. The van der Waals surface area contributed by atoms with Crippen LogP contribution in [0.3, 0.4) is 0 Å². The Balaban J connectivity index is 1.75. The summed E-state index contributed by atoms with van der Waals surface area (Å²) in [5.41, 5.74) is 1.53. The van der Waals surface area contributed by atoms with Crippen LogP contribution in [0.4, 0.5) is 5.69 Å². The number of carbonyl (C=O) groups excluding carboxylic acids is 1. The van der Waals surface area contributed by atoms with E-state index in [0.29, 0.717) is 43.0 Å². The lowest BCUT2D eigenvalue weighted by molar-refractivity contribution is -0.116. The molecule has 25 heavy (non-hydrogen) atoms. The van der Waals surface area contributed by atoms with Gasteiger partial charge in [0.15, 0.2) is 11.5 Å². The summed E-state index contributed by atoms with van der Waals surface area (Å²) in [5, 5.41) is 2.86. The zero-order valence-corrected chi connectivity index (χ0v) is 16.0. The first-order chi connectivity index (χ1) is 11.6. The van der Waals surface area contributed by atoms with E-state index >= 15 is 0 Å². The van der Waals surface area contributed by atoms with Crippen molar-refractivity contribution >= 4 is 21.6 Å². The van der Waals surface area contributed by atoms with Gasteiger partial charge in [-0.25, -0.2) is 13.1 Å². The molecule has 0 saturated carbocycles. The standard InChI is InChI=1S/C17H26N2O5S/c1-12-13(8-9-14-16(12)24-11-23-14)19-15(20)7-5-6-10-18-25(21,22)17(2,3)4/h8-9,18H,5-7,10-11H2,1-4H3,(H,19,20). The highest BCUT2D eigenvalue weighted by molar-refractivity contribution is 7.90. The Labute approximate surface area is 149 Å². The molecule has 1 heterocycles. The van der Waals surface area contributed by atoms with E-state index in [2.05, 4.69) is 10.0 Å². The molecule has 0 aliphatic carbocycles. The average molecular weight is 370 g/mol. The summed E-state index contributed by atoms with van der Waals surface area (Å²) in [4.78, 5) is 12.1. The number of hydrogen-bond donors (Lipinski definition) is 2. The average Bonchev–Trinajstić information content (AvgIpc) is 2.98. The third-order valence-corrected chi connectivity index (χ3v) is 6.19. The van der Waals surface area contributed by atoms with Gasteiger partial charge in [0.1, 0.15) is 0 Å². The number of benzene rings is 1. The van der Waals surface area contributed by atoms with Crippen molar-refractivity contribution in [1.82, 2.24) is 4.72 Å². The van der Waals surface area contributed by atoms with Crippen molar-refractivity contribution in [2.75, 3.05) is 18.7 Å². The Morgan fingerprint density at radius 1 is 1.20 bits per heavy atom. The summed E-state index contributed by atoms with van der Waals surface area (Å²) in [6, 6.07) is 3.56. The van der Waals surface area contributed by atoms with Crippen LogP contribution in [0.2, 0.25) is 0 Å². The molecule has 0 atom stereocenters. The first-order valence-corrected chi connectivity index (χ1v) is 9.78. The van der Waals surface area contributed by atoms with Crippen molar-refractivity contribution in [1.29, 1.82) is 0 Å². The Morgan fingerprint density at radius 2 is 1.92 bits per heavy atom. The lowest BCUT2D eigenvalue weighted by Gasteiger charge is -2.19. The van der Waals surface area contributed by atoms with Gasteiger partial charge in [0, 0.05) is 24.2 Å². The highest BCUT2D eigenvalue weighted by atomic mass is 32.2. The smallest absolute Gasteiger partial charge is 0.231 e. The summed E-state index contributed by atoms with van der Waals surface area (Å²) in [6.07, 6.45) is 1.52. The molecular weight excluding hydrogens is 344 g/mol. The third kappa shape index (κ3) is 4.85. The largest absolute Gasteiger partial charge is 0.454 e. The summed E-state index contributed by atoms with van der Waals surface area (Å²) >= 11 is 0. The van der Waals surface area contributed by atoms with E-state index in [9.17, 15) is 13.2 Å². The molecule has 2 rings (SSSR count). The molecule has 0 unspecified atom stereocenters. The van der Waals surface area contributed by atoms with Crippen molar-refractivity contribution < 1.29 is 22.7 Å². The molecule has 1 amide bonds. The van der Waals surface area contributed by atoms with E-state index in [4.69, 9.17) is 9.47 Å². The normalized spacial score (nSPS) is 13.8. The molecule has 0 saturated heterocycles. The van der Waals surface area contributed by atoms with Gasteiger partial charge >= 0.3 is 0 Å². The SMILES string of the molecule is Cc1c(NC(=O)CCCCNS(=O)(=O)C(C)(C)C)ccc2c1OCO2. The third-order valence-electron chi connectivity index (χ3n) is 3.99. The number of sulfonamides is 1. The van der Waals surface area contributed by atoms with Crippen LogP contribution in [0.25, 0.3) is 0 Å². The van der Waals surface area contributed by atoms with Crippen LogP contribution in [0, 0.1) is 6.92 Å². The van der Waals surface area contributed by atoms with Crippen LogP contribution in [-0.4, -0.2) is 32.4 Å². The lowest BCUT2D eigenvalue weighted by Crippen LogP contribution is -2.39. The highest BCUT2D eigenvalue weighted by Crippen LogP contribution is 2.38.